The van der Waals surface area contributed by atoms with Crippen molar-refractivity contribution in [2.45, 2.75) is 24.8 Å². The molecule has 0 saturated heterocycles. The van der Waals surface area contributed by atoms with E-state index in [9.17, 15) is 9.59 Å². The zero-order valence-electron chi connectivity index (χ0n) is 8.33. The number of carbonyl (C=O) groups excluding carboxylic acids is 1. The Kier molecular flexibility index (Phi) is 6.57. The third-order valence-corrected chi connectivity index (χ3v) is 2.77. The number of alkyl halides is 1. The molecule has 0 radical (unpaired) electrons. The summed E-state index contributed by atoms with van der Waals surface area (Å²) in [7, 11) is 0. The van der Waals surface area contributed by atoms with Crippen molar-refractivity contribution in [3.63, 3.8) is 0 Å². The molecule has 0 aromatic carbocycles. The van der Waals surface area contributed by atoms with E-state index in [2.05, 4.69) is 27.9 Å². The van der Waals surface area contributed by atoms with Crippen LogP contribution in [0.4, 0.5) is 4.79 Å². The molecule has 1 unspecified atom stereocenters. The van der Waals surface area contributed by atoms with Gasteiger partial charge in [-0.1, -0.05) is 29.0 Å². The molecule has 0 aliphatic rings. The fourth-order valence-corrected chi connectivity index (χ4v) is 1.59. The van der Waals surface area contributed by atoms with Crippen molar-refractivity contribution in [3.8, 4) is 0 Å². The van der Waals surface area contributed by atoms with Gasteiger partial charge in [-0.3, -0.25) is 4.79 Å². The van der Waals surface area contributed by atoms with Gasteiger partial charge in [-0.25, -0.2) is 4.79 Å². The molecule has 7 heteroatoms. The molecule has 0 saturated carbocycles. The van der Waals surface area contributed by atoms with E-state index >= 15 is 0 Å². The summed E-state index contributed by atoms with van der Waals surface area (Å²) < 4.78 is 0.955. The molecule has 15 heavy (non-hydrogen) atoms. The smallest absolute Gasteiger partial charge is 0.325 e. The van der Waals surface area contributed by atoms with Crippen LogP contribution in [0.2, 0.25) is 0 Å². The van der Waals surface area contributed by atoms with Crippen LogP contribution >= 0.6 is 22.6 Å². The number of primary amides is 1. The summed E-state index contributed by atoms with van der Waals surface area (Å²) in [5.41, 5.74) is 9.10. The van der Waals surface area contributed by atoms with Crippen LogP contribution in [0.3, 0.4) is 0 Å². The average Bonchev–Trinajstić information content (AvgIpc) is 2.15. The topological polar surface area (TPSA) is 118 Å². The summed E-state index contributed by atoms with van der Waals surface area (Å²) in [6, 6.07) is -0.764. The first-order valence-corrected chi connectivity index (χ1v) is 6.06. The second kappa shape index (κ2) is 6.83. The average molecular weight is 329 g/mol. The maximum Gasteiger partial charge on any atom is 0.325 e. The van der Waals surface area contributed by atoms with Crippen molar-refractivity contribution in [3.05, 3.63) is 0 Å². The second-order valence-electron chi connectivity index (χ2n) is 3.33. The molecule has 0 fully saturated rings. The number of amides is 2. The molecule has 1 atom stereocenters. The number of urea groups is 1. The van der Waals surface area contributed by atoms with Gasteiger partial charge in [0.15, 0.2) is 0 Å². The number of nitrogens with two attached hydrogens (primary N) is 2. The summed E-state index contributed by atoms with van der Waals surface area (Å²) in [4.78, 5) is 21.4. The molecule has 0 rings (SSSR count). The SMILES string of the molecule is NC(=O)NCC(N)(CCCCI)C(=O)O. The predicted molar refractivity (Wildman–Crippen MR) is 64.9 cm³/mol. The van der Waals surface area contributed by atoms with Gasteiger partial charge >= 0.3 is 12.0 Å². The van der Waals surface area contributed by atoms with Crippen LogP contribution in [0.5, 0.6) is 0 Å². The molecule has 0 aromatic heterocycles. The normalized spacial score (nSPS) is 14.3. The van der Waals surface area contributed by atoms with Crippen LogP contribution in [-0.4, -0.2) is 33.6 Å². The number of hydrogen-bond donors (Lipinski definition) is 4. The van der Waals surface area contributed by atoms with Crippen LogP contribution < -0.4 is 16.8 Å². The highest BCUT2D eigenvalue weighted by atomic mass is 127. The van der Waals surface area contributed by atoms with Crippen LogP contribution in [0, 0.1) is 0 Å². The van der Waals surface area contributed by atoms with E-state index < -0.39 is 17.5 Å². The highest BCUT2D eigenvalue weighted by molar-refractivity contribution is 14.1. The van der Waals surface area contributed by atoms with Gasteiger partial charge in [0.25, 0.3) is 0 Å². The van der Waals surface area contributed by atoms with Gasteiger partial charge < -0.3 is 21.9 Å². The van der Waals surface area contributed by atoms with Crippen molar-refractivity contribution >= 4 is 34.6 Å². The van der Waals surface area contributed by atoms with Crippen LogP contribution in [-0.2, 0) is 4.79 Å². The largest absolute Gasteiger partial charge is 0.480 e. The number of carboxylic acid groups (broad SMARTS) is 1. The molecule has 0 aliphatic heterocycles. The first-order valence-electron chi connectivity index (χ1n) is 4.54. The molecular formula is C8H16IN3O3. The van der Waals surface area contributed by atoms with Crippen molar-refractivity contribution in [2.75, 3.05) is 11.0 Å². The third-order valence-electron chi connectivity index (χ3n) is 2.01. The lowest BCUT2D eigenvalue weighted by Gasteiger charge is -2.24. The number of carbonyl (C=O) groups is 2. The van der Waals surface area contributed by atoms with Crippen molar-refractivity contribution < 1.29 is 14.7 Å². The Hall–Kier alpha value is -0.570. The molecule has 2 amide bonds. The molecule has 6 N–H and O–H groups in total. The summed E-state index contributed by atoms with van der Waals surface area (Å²) in [5.74, 6) is -1.12. The second-order valence-corrected chi connectivity index (χ2v) is 4.40. The number of hydrogen-bond acceptors (Lipinski definition) is 3. The van der Waals surface area contributed by atoms with E-state index in [-0.39, 0.29) is 6.54 Å². The first kappa shape index (κ1) is 14.4. The van der Waals surface area contributed by atoms with Crippen molar-refractivity contribution in [1.82, 2.24) is 5.32 Å². The summed E-state index contributed by atoms with van der Waals surface area (Å²) in [6.07, 6.45) is 1.95. The van der Waals surface area contributed by atoms with E-state index in [1.54, 1.807) is 0 Å². The maximum atomic E-state index is 10.9. The van der Waals surface area contributed by atoms with Crippen LogP contribution in [0.25, 0.3) is 0 Å². The quantitative estimate of drug-likeness (QED) is 0.300. The van der Waals surface area contributed by atoms with Gasteiger partial charge in [-0.15, -0.1) is 0 Å². The highest BCUT2D eigenvalue weighted by Gasteiger charge is 2.33. The van der Waals surface area contributed by atoms with E-state index in [1.807, 2.05) is 0 Å². The molecular weight excluding hydrogens is 313 g/mol. The standard InChI is InChI=1S/C8H16IN3O3/c9-4-2-1-3-8(11,6(13)14)5-12-7(10)15/h1-5,11H2,(H,13,14)(H3,10,12,15). The third kappa shape index (κ3) is 5.78. The van der Waals surface area contributed by atoms with Gasteiger partial charge in [0.1, 0.15) is 5.54 Å². The lowest BCUT2D eigenvalue weighted by Crippen LogP contribution is -2.56. The fraction of sp³-hybridized carbons (Fsp3) is 0.750. The predicted octanol–water partition coefficient (Wildman–Crippen LogP) is 0.0421. The van der Waals surface area contributed by atoms with Gasteiger partial charge in [0.2, 0.25) is 0 Å². The number of aliphatic carboxylic acids is 1. The lowest BCUT2D eigenvalue weighted by molar-refractivity contribution is -0.143. The van der Waals surface area contributed by atoms with Crippen LogP contribution in [0.1, 0.15) is 19.3 Å². The number of nitrogens with one attached hydrogen (secondary N) is 1. The van der Waals surface area contributed by atoms with Gasteiger partial charge in [0.05, 0.1) is 0 Å². The highest BCUT2D eigenvalue weighted by Crippen LogP contribution is 2.12. The molecule has 0 spiro atoms. The van der Waals surface area contributed by atoms with Gasteiger partial charge in [-0.05, 0) is 17.3 Å². The molecule has 0 aliphatic carbocycles. The molecule has 0 heterocycles. The number of unbranched alkanes of at least 4 members (excludes halogenated alkanes) is 1. The Bertz CT molecular complexity index is 237. The van der Waals surface area contributed by atoms with Crippen LogP contribution in [0.15, 0.2) is 0 Å². The van der Waals surface area contributed by atoms with E-state index in [4.69, 9.17) is 16.6 Å². The lowest BCUT2D eigenvalue weighted by atomic mass is 9.94. The Morgan fingerprint density at radius 3 is 2.40 bits per heavy atom. The minimum Gasteiger partial charge on any atom is -0.480 e. The molecule has 0 aromatic rings. The maximum absolute atomic E-state index is 10.9. The summed E-state index contributed by atoms with van der Waals surface area (Å²) >= 11 is 2.21. The van der Waals surface area contributed by atoms with E-state index in [0.29, 0.717) is 12.8 Å². The minimum atomic E-state index is -1.42. The zero-order chi connectivity index (χ0) is 11.9. The van der Waals surface area contributed by atoms with Gasteiger partial charge in [-0.2, -0.15) is 0 Å². The Balaban J connectivity index is 4.19. The molecule has 6 nitrogen and oxygen atoms in total. The monoisotopic (exact) mass is 329 g/mol. The Morgan fingerprint density at radius 2 is 2.00 bits per heavy atom. The van der Waals surface area contributed by atoms with Crippen molar-refractivity contribution in [2.24, 2.45) is 11.5 Å². The number of halogens is 1. The molecule has 0 bridgehead atoms. The number of carboxylic acids is 1. The summed E-state index contributed by atoms with van der Waals surface area (Å²) in [5, 5.41) is 11.2. The van der Waals surface area contributed by atoms with E-state index in [1.165, 1.54) is 0 Å². The van der Waals surface area contributed by atoms with Gasteiger partial charge in [0, 0.05) is 6.54 Å². The first-order chi connectivity index (χ1) is 6.92. The van der Waals surface area contributed by atoms with Crippen molar-refractivity contribution in [1.29, 1.82) is 0 Å². The summed E-state index contributed by atoms with van der Waals surface area (Å²) in [6.45, 7) is -0.140. The fourth-order valence-electron chi connectivity index (χ4n) is 1.05. The minimum absolute atomic E-state index is 0.140. The Morgan fingerprint density at radius 1 is 1.40 bits per heavy atom. The molecule has 88 valence electrons. The Labute approximate surface area is 102 Å². The number of rotatable bonds is 7. The van der Waals surface area contributed by atoms with E-state index in [0.717, 1.165) is 10.8 Å². The zero-order valence-corrected chi connectivity index (χ0v) is 10.5.